The van der Waals surface area contributed by atoms with Crippen molar-refractivity contribution in [3.63, 3.8) is 0 Å². The van der Waals surface area contributed by atoms with Crippen LogP contribution in [-0.2, 0) is 28.0 Å². The predicted molar refractivity (Wildman–Crippen MR) is 147 cm³/mol. The zero-order valence-electron chi connectivity index (χ0n) is 24.0. The first-order valence-corrected chi connectivity index (χ1v) is 13.7. The number of benzene rings is 2. The Kier molecular flexibility index (Phi) is 8.08. The molecule has 1 heterocycles. The molecule has 0 spiro atoms. The van der Waals surface area contributed by atoms with Gasteiger partial charge in [-0.15, -0.1) is 0 Å². The number of amides is 1. The first kappa shape index (κ1) is 31.6. The van der Waals surface area contributed by atoms with Crippen LogP contribution in [0.25, 0.3) is 0 Å². The summed E-state index contributed by atoms with van der Waals surface area (Å²) in [5.41, 5.74) is -4.44. The Hall–Kier alpha value is -3.34. The number of carbonyl (C=O) groups excluding carboxylic acids is 2. The Morgan fingerprint density at radius 3 is 2.33 bits per heavy atom. The highest BCUT2D eigenvalue weighted by Gasteiger charge is 2.71. The number of nitrogens with one attached hydrogen (secondary N) is 2. The third kappa shape index (κ3) is 5.67. The molecule has 4 atom stereocenters. The molecule has 1 aliphatic carbocycles. The quantitative estimate of drug-likeness (QED) is 0.148. The molecule has 2 N–H and O–H groups in total. The molecule has 2 aromatic carbocycles. The number of carbonyl (C=O) groups is 2. The van der Waals surface area contributed by atoms with E-state index in [2.05, 4.69) is 17.2 Å². The summed E-state index contributed by atoms with van der Waals surface area (Å²) in [6.45, 7) is 11.0. The smallest absolute Gasteiger partial charge is 0.433 e. The fourth-order valence-electron chi connectivity index (χ4n) is 5.63. The second-order valence-corrected chi connectivity index (χ2v) is 11.9. The molecule has 1 amide bonds. The minimum atomic E-state index is -5.93. The van der Waals surface area contributed by atoms with Gasteiger partial charge in [0.25, 0.3) is 11.6 Å². The van der Waals surface area contributed by atoms with Gasteiger partial charge in [0.05, 0.1) is 0 Å². The van der Waals surface area contributed by atoms with E-state index in [1.807, 2.05) is 6.07 Å². The molecule has 0 aromatic heterocycles. The summed E-state index contributed by atoms with van der Waals surface area (Å²) in [5.74, 6) is -5.72. The van der Waals surface area contributed by atoms with Crippen LogP contribution in [0.5, 0.6) is 0 Å². The summed E-state index contributed by atoms with van der Waals surface area (Å²) < 4.78 is 90.4. The number of aryl methyl sites for hydroxylation is 3. The first-order chi connectivity index (χ1) is 19.3. The van der Waals surface area contributed by atoms with Gasteiger partial charge in [-0.2, -0.15) is 22.0 Å². The van der Waals surface area contributed by atoms with Gasteiger partial charge in [-0.25, -0.2) is 4.39 Å². The van der Waals surface area contributed by atoms with E-state index in [-0.39, 0.29) is 47.2 Å². The van der Waals surface area contributed by atoms with Gasteiger partial charge >= 0.3 is 18.1 Å². The lowest BCUT2D eigenvalue weighted by molar-refractivity contribution is -0.296. The molecule has 1 fully saturated rings. The maximum atomic E-state index is 15.3. The molecule has 0 saturated carbocycles. The van der Waals surface area contributed by atoms with E-state index in [0.717, 1.165) is 17.5 Å². The van der Waals surface area contributed by atoms with Gasteiger partial charge in [-0.3, -0.25) is 14.9 Å². The SMILES string of the molecule is C=CC(F)(F)C(F)(c1cc(C)c(NC(=O)c2ccc3c(c2)CCC3C2NC2C(=O)OC(C)(C)C)c(CC)c1)C(F)(F)F. The van der Waals surface area contributed by atoms with E-state index >= 15 is 4.39 Å². The van der Waals surface area contributed by atoms with Crippen molar-refractivity contribution >= 4 is 17.6 Å². The van der Waals surface area contributed by atoms with Crippen LogP contribution in [0.4, 0.5) is 32.0 Å². The van der Waals surface area contributed by atoms with E-state index in [1.54, 1.807) is 39.8 Å². The van der Waals surface area contributed by atoms with Crippen LogP contribution in [0.15, 0.2) is 43.0 Å². The number of ether oxygens (including phenoxy) is 1. The predicted octanol–water partition coefficient (Wildman–Crippen LogP) is 7.07. The maximum absolute atomic E-state index is 15.3. The van der Waals surface area contributed by atoms with Crippen LogP contribution in [0, 0.1) is 6.92 Å². The van der Waals surface area contributed by atoms with Crippen LogP contribution in [0.1, 0.15) is 78.2 Å². The number of hydrogen-bond acceptors (Lipinski definition) is 4. The lowest BCUT2D eigenvalue weighted by Crippen LogP contribution is -2.51. The summed E-state index contributed by atoms with van der Waals surface area (Å²) in [4.78, 5) is 25.6. The molecule has 2 aliphatic rings. The van der Waals surface area contributed by atoms with Gasteiger partial charge < -0.3 is 10.1 Å². The lowest BCUT2D eigenvalue weighted by atomic mass is 9.85. The van der Waals surface area contributed by atoms with Crippen LogP contribution in [0.3, 0.4) is 0 Å². The molecule has 2 aromatic rings. The number of fused-ring (bicyclic) bond motifs is 1. The summed E-state index contributed by atoms with van der Waals surface area (Å²) in [5, 5.41) is 5.87. The second kappa shape index (κ2) is 10.7. The molecule has 228 valence electrons. The summed E-state index contributed by atoms with van der Waals surface area (Å²) in [7, 11) is 0. The fraction of sp³-hybridized carbons (Fsp3) is 0.484. The third-order valence-corrected chi connectivity index (χ3v) is 7.79. The van der Waals surface area contributed by atoms with Crippen molar-refractivity contribution in [2.24, 2.45) is 0 Å². The van der Waals surface area contributed by atoms with Crippen molar-refractivity contribution in [3.8, 4) is 0 Å². The summed E-state index contributed by atoms with van der Waals surface area (Å²) in [6.07, 6.45) is -4.79. The van der Waals surface area contributed by atoms with Gasteiger partial charge in [0.15, 0.2) is 0 Å². The van der Waals surface area contributed by atoms with Crippen LogP contribution in [0.2, 0.25) is 0 Å². The minimum absolute atomic E-state index is 0.00180. The molecular formula is C31H34F6N2O3. The van der Waals surface area contributed by atoms with Gasteiger partial charge in [-0.1, -0.05) is 25.6 Å². The van der Waals surface area contributed by atoms with Gasteiger partial charge in [0, 0.05) is 28.8 Å². The number of rotatable bonds is 8. The molecule has 11 heteroatoms. The second-order valence-electron chi connectivity index (χ2n) is 11.9. The highest BCUT2D eigenvalue weighted by molar-refractivity contribution is 6.05. The van der Waals surface area contributed by atoms with Gasteiger partial charge in [0.1, 0.15) is 11.6 Å². The zero-order valence-corrected chi connectivity index (χ0v) is 24.0. The van der Waals surface area contributed by atoms with E-state index in [1.165, 1.54) is 6.92 Å². The number of halogens is 6. The van der Waals surface area contributed by atoms with Crippen LogP contribution in [-0.4, -0.2) is 41.7 Å². The highest BCUT2D eigenvalue weighted by Crippen LogP contribution is 2.53. The van der Waals surface area contributed by atoms with Gasteiger partial charge in [0.2, 0.25) is 0 Å². The standard InChI is InChI=1S/C31H34F6N2O3/c1-7-17-15-20(30(34,31(35,36)37)29(32,33)8-2)13-16(3)23(17)39-26(40)19-10-11-21-18(14-19)9-12-22(21)24-25(38-24)27(41)42-28(4,5)6/h8,10-11,13-15,22,24-25,38H,2,7,9,12H2,1,3-6H3,(H,39,40). The topological polar surface area (TPSA) is 77.3 Å². The van der Waals surface area contributed by atoms with Crippen molar-refractivity contribution in [1.82, 2.24) is 5.32 Å². The Bertz CT molecular complexity index is 1410. The fourth-order valence-corrected chi connectivity index (χ4v) is 5.63. The molecule has 42 heavy (non-hydrogen) atoms. The molecule has 4 rings (SSSR count). The molecule has 0 bridgehead atoms. The Morgan fingerprint density at radius 2 is 1.76 bits per heavy atom. The third-order valence-electron chi connectivity index (χ3n) is 7.79. The highest BCUT2D eigenvalue weighted by atomic mass is 19.4. The molecule has 5 nitrogen and oxygen atoms in total. The van der Waals surface area contributed by atoms with E-state index in [9.17, 15) is 31.5 Å². The van der Waals surface area contributed by atoms with Crippen molar-refractivity contribution in [2.75, 3.05) is 5.32 Å². The van der Waals surface area contributed by atoms with E-state index in [4.69, 9.17) is 4.74 Å². The van der Waals surface area contributed by atoms with E-state index in [0.29, 0.717) is 24.1 Å². The average molecular weight is 597 g/mol. The van der Waals surface area contributed by atoms with Crippen molar-refractivity contribution < 1.29 is 40.7 Å². The molecule has 4 unspecified atom stereocenters. The zero-order chi connectivity index (χ0) is 31.4. The molecule has 0 radical (unpaired) electrons. The monoisotopic (exact) mass is 596 g/mol. The summed E-state index contributed by atoms with van der Waals surface area (Å²) in [6, 6.07) is 6.10. The number of alkyl halides is 6. The Labute approximate surface area is 240 Å². The number of esters is 1. The maximum Gasteiger partial charge on any atom is 0.433 e. The lowest BCUT2D eigenvalue weighted by Gasteiger charge is -2.34. The largest absolute Gasteiger partial charge is 0.459 e. The Balaban J connectivity index is 1.56. The van der Waals surface area contributed by atoms with Crippen molar-refractivity contribution in [1.29, 1.82) is 0 Å². The normalized spacial score (nSPS) is 21.7. The van der Waals surface area contributed by atoms with Crippen LogP contribution >= 0.6 is 0 Å². The Morgan fingerprint density at radius 1 is 1.10 bits per heavy atom. The number of hydrogen-bond donors (Lipinski definition) is 2. The van der Waals surface area contributed by atoms with Crippen LogP contribution < -0.4 is 10.6 Å². The van der Waals surface area contributed by atoms with E-state index < -0.39 is 40.9 Å². The number of anilines is 1. The molecule has 1 aliphatic heterocycles. The first-order valence-electron chi connectivity index (χ1n) is 13.7. The van der Waals surface area contributed by atoms with Crippen molar-refractivity contribution in [2.45, 2.75) is 95.3 Å². The molecule has 1 saturated heterocycles. The summed E-state index contributed by atoms with van der Waals surface area (Å²) >= 11 is 0. The van der Waals surface area contributed by atoms with Crippen molar-refractivity contribution in [3.05, 3.63) is 76.4 Å². The molecular weight excluding hydrogens is 562 g/mol. The number of allylic oxidation sites excluding steroid dienone is 1. The minimum Gasteiger partial charge on any atom is -0.459 e. The average Bonchev–Trinajstić information content (AvgIpc) is 3.58. The van der Waals surface area contributed by atoms with Gasteiger partial charge in [-0.05, 0) is 93.5 Å².